The van der Waals surface area contributed by atoms with Gasteiger partial charge in [-0.25, -0.2) is 0 Å². The average Bonchev–Trinajstić information content (AvgIpc) is 3.08. The van der Waals surface area contributed by atoms with Crippen LogP contribution in [0.1, 0.15) is 43.4 Å². The van der Waals surface area contributed by atoms with E-state index in [1.807, 2.05) is 14.0 Å². The standard InChI is InChI=1S/C14H21NO/c1-11(15)13-5-3-12(4-6-13)7-8-14(16-2)9-10-14/h3-6,11H,7-10,15H2,1-2H3. The van der Waals surface area contributed by atoms with Gasteiger partial charge in [0.25, 0.3) is 0 Å². The van der Waals surface area contributed by atoms with Crippen LogP contribution in [0.25, 0.3) is 0 Å². The molecule has 0 aliphatic heterocycles. The first-order valence-corrected chi connectivity index (χ1v) is 6.05. The van der Waals surface area contributed by atoms with Gasteiger partial charge in [0.15, 0.2) is 0 Å². The predicted octanol–water partition coefficient (Wildman–Crippen LogP) is 2.82. The van der Waals surface area contributed by atoms with Gasteiger partial charge in [0.1, 0.15) is 0 Å². The SMILES string of the molecule is COC1(CCc2ccc(C(C)N)cc2)CC1. The van der Waals surface area contributed by atoms with E-state index in [2.05, 4.69) is 24.3 Å². The molecular weight excluding hydrogens is 198 g/mol. The maximum Gasteiger partial charge on any atom is 0.0684 e. The Balaban J connectivity index is 1.90. The van der Waals surface area contributed by atoms with Crippen LogP contribution >= 0.6 is 0 Å². The van der Waals surface area contributed by atoms with Crippen LogP contribution < -0.4 is 5.73 Å². The average molecular weight is 219 g/mol. The van der Waals surface area contributed by atoms with Crippen LogP contribution in [0.15, 0.2) is 24.3 Å². The molecule has 1 aliphatic rings. The van der Waals surface area contributed by atoms with Crippen molar-refractivity contribution >= 4 is 0 Å². The highest BCUT2D eigenvalue weighted by atomic mass is 16.5. The van der Waals surface area contributed by atoms with Crippen LogP contribution in [-0.4, -0.2) is 12.7 Å². The molecule has 88 valence electrons. The van der Waals surface area contributed by atoms with Crippen molar-refractivity contribution in [2.24, 2.45) is 5.73 Å². The van der Waals surface area contributed by atoms with Crippen molar-refractivity contribution in [3.05, 3.63) is 35.4 Å². The Morgan fingerprint density at radius 1 is 1.31 bits per heavy atom. The van der Waals surface area contributed by atoms with Crippen LogP contribution in [0.4, 0.5) is 0 Å². The molecule has 2 heteroatoms. The third-order valence-electron chi connectivity index (χ3n) is 3.62. The number of hydrogen-bond donors (Lipinski definition) is 1. The highest BCUT2D eigenvalue weighted by Gasteiger charge is 2.42. The molecule has 1 aromatic rings. The first kappa shape index (κ1) is 11.6. The summed E-state index contributed by atoms with van der Waals surface area (Å²) >= 11 is 0. The van der Waals surface area contributed by atoms with Gasteiger partial charge in [0.2, 0.25) is 0 Å². The fourth-order valence-corrected chi connectivity index (χ4v) is 2.06. The van der Waals surface area contributed by atoms with E-state index in [9.17, 15) is 0 Å². The maximum atomic E-state index is 5.82. The fourth-order valence-electron chi connectivity index (χ4n) is 2.06. The topological polar surface area (TPSA) is 35.2 Å². The van der Waals surface area contributed by atoms with Crippen LogP contribution in [-0.2, 0) is 11.2 Å². The van der Waals surface area contributed by atoms with Gasteiger partial charge in [0, 0.05) is 13.2 Å². The molecule has 0 bridgehead atoms. The van der Waals surface area contributed by atoms with Crippen molar-refractivity contribution in [3.8, 4) is 0 Å². The van der Waals surface area contributed by atoms with E-state index >= 15 is 0 Å². The minimum Gasteiger partial charge on any atom is -0.378 e. The van der Waals surface area contributed by atoms with Crippen LogP contribution in [0.5, 0.6) is 0 Å². The molecule has 0 aromatic heterocycles. The Morgan fingerprint density at radius 3 is 2.38 bits per heavy atom. The largest absolute Gasteiger partial charge is 0.378 e. The van der Waals surface area contributed by atoms with Gasteiger partial charge in [-0.15, -0.1) is 0 Å². The van der Waals surface area contributed by atoms with Gasteiger partial charge in [-0.05, 0) is 43.7 Å². The van der Waals surface area contributed by atoms with Gasteiger partial charge in [-0.3, -0.25) is 0 Å². The van der Waals surface area contributed by atoms with Gasteiger partial charge in [0.05, 0.1) is 5.60 Å². The Bertz CT molecular complexity index is 338. The second kappa shape index (κ2) is 4.56. The third kappa shape index (κ3) is 2.63. The van der Waals surface area contributed by atoms with E-state index < -0.39 is 0 Å². The van der Waals surface area contributed by atoms with Crippen molar-refractivity contribution < 1.29 is 4.74 Å². The van der Waals surface area contributed by atoms with E-state index in [-0.39, 0.29) is 11.6 Å². The quantitative estimate of drug-likeness (QED) is 0.826. The highest BCUT2D eigenvalue weighted by Crippen LogP contribution is 2.42. The Morgan fingerprint density at radius 2 is 1.94 bits per heavy atom. The second-order valence-corrected chi connectivity index (χ2v) is 4.92. The zero-order chi connectivity index (χ0) is 11.6. The molecule has 1 atom stereocenters. The Kier molecular flexibility index (Phi) is 3.31. The van der Waals surface area contributed by atoms with Gasteiger partial charge < -0.3 is 10.5 Å². The lowest BCUT2D eigenvalue weighted by Crippen LogP contribution is -2.12. The smallest absolute Gasteiger partial charge is 0.0684 e. The summed E-state index contributed by atoms with van der Waals surface area (Å²) in [6.45, 7) is 2.01. The van der Waals surface area contributed by atoms with E-state index in [0.29, 0.717) is 0 Å². The van der Waals surface area contributed by atoms with Crippen molar-refractivity contribution in [1.82, 2.24) is 0 Å². The summed E-state index contributed by atoms with van der Waals surface area (Å²) in [5, 5.41) is 0. The molecule has 16 heavy (non-hydrogen) atoms. The highest BCUT2D eigenvalue weighted by molar-refractivity contribution is 5.25. The minimum atomic E-state index is 0.128. The molecule has 1 aliphatic carbocycles. The van der Waals surface area contributed by atoms with Crippen molar-refractivity contribution in [2.45, 2.75) is 44.2 Å². The molecule has 1 unspecified atom stereocenters. The Labute approximate surface area is 97.8 Å². The summed E-state index contributed by atoms with van der Waals surface area (Å²) in [5.41, 5.74) is 8.61. The van der Waals surface area contributed by atoms with E-state index in [4.69, 9.17) is 10.5 Å². The summed E-state index contributed by atoms with van der Waals surface area (Å²) in [6, 6.07) is 8.76. The zero-order valence-corrected chi connectivity index (χ0v) is 10.2. The van der Waals surface area contributed by atoms with E-state index in [1.165, 1.54) is 24.0 Å². The summed E-state index contributed by atoms with van der Waals surface area (Å²) in [4.78, 5) is 0. The third-order valence-corrected chi connectivity index (χ3v) is 3.62. The molecule has 2 nitrogen and oxygen atoms in total. The zero-order valence-electron chi connectivity index (χ0n) is 10.2. The second-order valence-electron chi connectivity index (χ2n) is 4.92. The molecule has 2 rings (SSSR count). The molecule has 0 spiro atoms. The van der Waals surface area contributed by atoms with Gasteiger partial charge in [-0.2, -0.15) is 0 Å². The van der Waals surface area contributed by atoms with E-state index in [1.54, 1.807) is 0 Å². The molecule has 0 amide bonds. The number of nitrogens with two attached hydrogens (primary N) is 1. The molecule has 0 saturated heterocycles. The maximum absolute atomic E-state index is 5.82. The first-order valence-electron chi connectivity index (χ1n) is 6.05. The van der Waals surface area contributed by atoms with Crippen LogP contribution in [0.2, 0.25) is 0 Å². The first-order chi connectivity index (χ1) is 7.65. The summed E-state index contributed by atoms with van der Waals surface area (Å²) < 4.78 is 5.51. The summed E-state index contributed by atoms with van der Waals surface area (Å²) in [6.07, 6.45) is 4.69. The van der Waals surface area contributed by atoms with Gasteiger partial charge in [-0.1, -0.05) is 24.3 Å². The fraction of sp³-hybridized carbons (Fsp3) is 0.571. The van der Waals surface area contributed by atoms with Crippen molar-refractivity contribution in [2.75, 3.05) is 7.11 Å². The molecule has 0 heterocycles. The van der Waals surface area contributed by atoms with Crippen LogP contribution in [0, 0.1) is 0 Å². The number of methoxy groups -OCH3 is 1. The number of hydrogen-bond acceptors (Lipinski definition) is 2. The number of ether oxygens (including phenoxy) is 1. The molecule has 1 saturated carbocycles. The summed E-state index contributed by atoms with van der Waals surface area (Å²) in [5.74, 6) is 0. The number of aryl methyl sites for hydroxylation is 1. The number of rotatable bonds is 5. The predicted molar refractivity (Wildman–Crippen MR) is 66.3 cm³/mol. The minimum absolute atomic E-state index is 0.128. The molecule has 1 fully saturated rings. The van der Waals surface area contributed by atoms with Crippen molar-refractivity contribution in [3.63, 3.8) is 0 Å². The van der Waals surface area contributed by atoms with Gasteiger partial charge >= 0.3 is 0 Å². The lowest BCUT2D eigenvalue weighted by atomic mass is 10.0. The number of benzene rings is 1. The molecule has 2 N–H and O–H groups in total. The van der Waals surface area contributed by atoms with Crippen molar-refractivity contribution in [1.29, 1.82) is 0 Å². The molecule has 0 radical (unpaired) electrons. The lowest BCUT2D eigenvalue weighted by Gasteiger charge is -2.13. The molecule has 1 aromatic carbocycles. The normalized spacial score (nSPS) is 19.4. The van der Waals surface area contributed by atoms with E-state index in [0.717, 1.165) is 12.8 Å². The van der Waals surface area contributed by atoms with Crippen LogP contribution in [0.3, 0.4) is 0 Å². The Hall–Kier alpha value is -0.860. The lowest BCUT2D eigenvalue weighted by molar-refractivity contribution is 0.0731. The molecular formula is C14H21NO. The summed E-state index contributed by atoms with van der Waals surface area (Å²) in [7, 11) is 1.83. The monoisotopic (exact) mass is 219 g/mol.